The quantitative estimate of drug-likeness (QED) is 0.690. The average molecular weight is 377 g/mol. The van der Waals surface area contributed by atoms with Gasteiger partial charge in [-0.05, 0) is 60.7 Å². The summed E-state index contributed by atoms with van der Waals surface area (Å²) in [5.41, 5.74) is 3.80. The van der Waals surface area contributed by atoms with E-state index in [4.69, 9.17) is 5.14 Å². The molecule has 26 heavy (non-hydrogen) atoms. The van der Waals surface area contributed by atoms with Crippen molar-refractivity contribution in [2.45, 2.75) is 26.7 Å². The summed E-state index contributed by atoms with van der Waals surface area (Å²) in [6, 6.07) is 8.55. The molecule has 0 spiro atoms. The Labute approximate surface area is 154 Å². The molecule has 1 heterocycles. The van der Waals surface area contributed by atoms with Gasteiger partial charge in [0.1, 0.15) is 11.6 Å². The number of primary sulfonamides is 1. The predicted octanol–water partition coefficient (Wildman–Crippen LogP) is 3.46. The van der Waals surface area contributed by atoms with E-state index in [-0.39, 0.29) is 11.6 Å². The van der Waals surface area contributed by atoms with Gasteiger partial charge in [-0.2, -0.15) is 0 Å². The molecule has 0 atom stereocenters. The Morgan fingerprint density at radius 1 is 1.31 bits per heavy atom. The molecule has 7 heteroatoms. The second-order valence-corrected chi connectivity index (χ2v) is 7.80. The number of aromatic nitrogens is 1. The number of pyridine rings is 1. The first-order valence-electron chi connectivity index (χ1n) is 8.47. The third kappa shape index (κ3) is 5.93. The molecule has 0 unspecified atom stereocenters. The lowest BCUT2D eigenvalue weighted by atomic mass is 9.94. The summed E-state index contributed by atoms with van der Waals surface area (Å²) in [7, 11) is -3.44. The van der Waals surface area contributed by atoms with E-state index in [1.54, 1.807) is 12.3 Å². The van der Waals surface area contributed by atoms with Crippen LogP contribution in [0, 0.1) is 12.7 Å². The maximum atomic E-state index is 13.4. The number of nitrogens with two attached hydrogens (primary N) is 1. The van der Waals surface area contributed by atoms with Crippen molar-refractivity contribution in [2.24, 2.45) is 5.14 Å². The van der Waals surface area contributed by atoms with Crippen LogP contribution in [0.25, 0.3) is 5.57 Å². The smallest absolute Gasteiger partial charge is 0.209 e. The number of anilines is 1. The highest BCUT2D eigenvalue weighted by Gasteiger charge is 2.09. The van der Waals surface area contributed by atoms with E-state index in [1.807, 2.05) is 26.0 Å². The van der Waals surface area contributed by atoms with Gasteiger partial charge in [-0.25, -0.2) is 22.9 Å². The lowest BCUT2D eigenvalue weighted by Crippen LogP contribution is -2.18. The molecule has 0 radical (unpaired) electrons. The van der Waals surface area contributed by atoms with Crippen LogP contribution in [0.3, 0.4) is 0 Å². The zero-order valence-corrected chi connectivity index (χ0v) is 15.8. The van der Waals surface area contributed by atoms with E-state index in [2.05, 4.69) is 16.4 Å². The maximum absolute atomic E-state index is 13.4. The Morgan fingerprint density at radius 2 is 2.08 bits per heavy atom. The highest BCUT2D eigenvalue weighted by atomic mass is 32.2. The zero-order chi connectivity index (χ0) is 19.2. The van der Waals surface area contributed by atoms with Crippen LogP contribution in [-0.2, 0) is 10.0 Å². The Morgan fingerprint density at radius 3 is 2.65 bits per heavy atom. The fourth-order valence-electron chi connectivity index (χ4n) is 2.66. The summed E-state index contributed by atoms with van der Waals surface area (Å²) in [6.45, 7) is 4.40. The van der Waals surface area contributed by atoms with E-state index in [0.29, 0.717) is 18.8 Å². The molecule has 5 nitrogen and oxygen atoms in total. The second-order valence-electron chi connectivity index (χ2n) is 6.06. The first-order valence-corrected chi connectivity index (χ1v) is 10.2. The molecule has 140 valence electrons. The standard InChI is InChI=1S/C19H24FN3O2S/c1-3-5-18(17-8-7-16(20)12-14(17)2)15-6-9-19(23-13-15)22-10-4-11-26(21,24)25/h5-9,12-13H,3-4,10-11H2,1-2H3,(H,22,23)(H2,21,24,25). The van der Waals surface area contributed by atoms with E-state index in [1.165, 1.54) is 12.1 Å². The molecule has 0 saturated heterocycles. The van der Waals surface area contributed by atoms with Crippen LogP contribution in [0.4, 0.5) is 10.2 Å². The van der Waals surface area contributed by atoms with Gasteiger partial charge < -0.3 is 5.32 Å². The molecule has 0 saturated carbocycles. The first-order chi connectivity index (χ1) is 12.3. The maximum Gasteiger partial charge on any atom is 0.209 e. The largest absolute Gasteiger partial charge is 0.370 e. The summed E-state index contributed by atoms with van der Waals surface area (Å²) in [5.74, 6) is 0.347. The molecular formula is C19H24FN3O2S. The van der Waals surface area contributed by atoms with Crippen LogP contribution < -0.4 is 10.5 Å². The van der Waals surface area contributed by atoms with Crippen LogP contribution in [0.1, 0.15) is 36.5 Å². The number of nitrogens with one attached hydrogen (secondary N) is 1. The van der Waals surface area contributed by atoms with Gasteiger partial charge in [-0.3, -0.25) is 0 Å². The van der Waals surface area contributed by atoms with Gasteiger partial charge in [0.05, 0.1) is 5.75 Å². The lowest BCUT2D eigenvalue weighted by molar-refractivity contribution is 0.595. The van der Waals surface area contributed by atoms with Gasteiger partial charge in [-0.1, -0.05) is 19.1 Å². The minimum absolute atomic E-state index is 0.0642. The van der Waals surface area contributed by atoms with Crippen molar-refractivity contribution in [1.82, 2.24) is 4.98 Å². The predicted molar refractivity (Wildman–Crippen MR) is 104 cm³/mol. The fraction of sp³-hybridized carbons (Fsp3) is 0.316. The summed E-state index contributed by atoms with van der Waals surface area (Å²) >= 11 is 0. The van der Waals surface area contributed by atoms with E-state index in [0.717, 1.165) is 28.7 Å². The van der Waals surface area contributed by atoms with Crippen LogP contribution in [-0.4, -0.2) is 25.7 Å². The molecule has 0 fully saturated rings. The highest BCUT2D eigenvalue weighted by Crippen LogP contribution is 2.27. The zero-order valence-electron chi connectivity index (χ0n) is 15.0. The minimum atomic E-state index is -3.44. The molecule has 1 aromatic heterocycles. The lowest BCUT2D eigenvalue weighted by Gasteiger charge is -2.12. The van der Waals surface area contributed by atoms with Crippen LogP contribution in [0.15, 0.2) is 42.6 Å². The molecule has 0 bridgehead atoms. The fourth-order valence-corrected chi connectivity index (χ4v) is 3.21. The number of hydrogen-bond acceptors (Lipinski definition) is 4. The number of sulfonamides is 1. The summed E-state index contributed by atoms with van der Waals surface area (Å²) in [5, 5.41) is 8.05. The number of hydrogen-bond donors (Lipinski definition) is 2. The molecule has 1 aromatic carbocycles. The summed E-state index contributed by atoms with van der Waals surface area (Å²) in [6.07, 6.45) is 5.11. The Bertz CT molecular complexity index is 878. The van der Waals surface area contributed by atoms with Crippen molar-refractivity contribution in [3.05, 3.63) is 65.1 Å². The molecule has 0 aliphatic rings. The molecule has 0 aliphatic carbocycles. The van der Waals surface area contributed by atoms with Crippen molar-refractivity contribution >= 4 is 21.4 Å². The normalized spacial score (nSPS) is 12.2. The van der Waals surface area contributed by atoms with Gasteiger partial charge in [0.25, 0.3) is 0 Å². The summed E-state index contributed by atoms with van der Waals surface area (Å²) < 4.78 is 35.2. The number of allylic oxidation sites excluding steroid dienone is 1. The molecule has 3 N–H and O–H groups in total. The molecule has 2 rings (SSSR count). The van der Waals surface area contributed by atoms with Crippen LogP contribution >= 0.6 is 0 Å². The van der Waals surface area contributed by atoms with Gasteiger partial charge in [0.15, 0.2) is 0 Å². The van der Waals surface area contributed by atoms with E-state index in [9.17, 15) is 12.8 Å². The monoisotopic (exact) mass is 377 g/mol. The molecule has 2 aromatic rings. The molecular weight excluding hydrogens is 353 g/mol. The number of nitrogens with zero attached hydrogens (tertiary/aromatic N) is 1. The van der Waals surface area contributed by atoms with Crippen LogP contribution in [0.5, 0.6) is 0 Å². The van der Waals surface area contributed by atoms with Crippen molar-refractivity contribution < 1.29 is 12.8 Å². The average Bonchev–Trinajstić information content (AvgIpc) is 2.57. The van der Waals surface area contributed by atoms with E-state index < -0.39 is 10.0 Å². The van der Waals surface area contributed by atoms with Crippen molar-refractivity contribution in [1.29, 1.82) is 0 Å². The molecule has 0 amide bonds. The first kappa shape index (κ1) is 20.1. The van der Waals surface area contributed by atoms with Gasteiger partial charge in [0, 0.05) is 18.3 Å². The van der Waals surface area contributed by atoms with Crippen molar-refractivity contribution in [3.63, 3.8) is 0 Å². The van der Waals surface area contributed by atoms with Gasteiger partial charge in [-0.15, -0.1) is 0 Å². The van der Waals surface area contributed by atoms with Gasteiger partial charge in [0.2, 0.25) is 10.0 Å². The van der Waals surface area contributed by atoms with Crippen LogP contribution in [0.2, 0.25) is 0 Å². The highest BCUT2D eigenvalue weighted by molar-refractivity contribution is 7.89. The second kappa shape index (κ2) is 8.91. The Hall–Kier alpha value is -2.25. The number of aryl methyl sites for hydroxylation is 1. The Kier molecular flexibility index (Phi) is 6.88. The topological polar surface area (TPSA) is 85.1 Å². The summed E-state index contributed by atoms with van der Waals surface area (Å²) in [4.78, 5) is 4.38. The third-order valence-corrected chi connectivity index (χ3v) is 4.73. The van der Waals surface area contributed by atoms with E-state index >= 15 is 0 Å². The van der Waals surface area contributed by atoms with Gasteiger partial charge >= 0.3 is 0 Å². The number of rotatable bonds is 8. The number of benzene rings is 1. The minimum Gasteiger partial charge on any atom is -0.370 e. The van der Waals surface area contributed by atoms with Crippen molar-refractivity contribution in [2.75, 3.05) is 17.6 Å². The Balaban J connectivity index is 2.12. The van der Waals surface area contributed by atoms with Crippen molar-refractivity contribution in [3.8, 4) is 0 Å². The molecule has 0 aliphatic heterocycles. The number of halogens is 1. The SMILES string of the molecule is CCC=C(c1ccc(NCCCS(N)(=O)=O)nc1)c1ccc(F)cc1C. The third-order valence-electron chi connectivity index (χ3n) is 3.87.